The van der Waals surface area contributed by atoms with E-state index in [0.717, 1.165) is 5.56 Å². The average Bonchev–Trinajstić information content (AvgIpc) is 2.40. The van der Waals surface area contributed by atoms with Gasteiger partial charge in [-0.3, -0.25) is 0 Å². The average molecular weight is 300 g/mol. The van der Waals surface area contributed by atoms with Crippen LogP contribution in [0.3, 0.4) is 0 Å². The largest absolute Gasteiger partial charge is 0.395 e. The Kier molecular flexibility index (Phi) is 7.40. The van der Waals surface area contributed by atoms with Crippen LogP contribution in [0.4, 0.5) is 9.18 Å². The smallest absolute Gasteiger partial charge is 0.315 e. The number of hydrogen-bond acceptors (Lipinski definition) is 3. The normalized spacial score (nSPS) is 13.6. The molecule has 0 aliphatic carbocycles. The van der Waals surface area contributed by atoms with Gasteiger partial charge in [0.25, 0.3) is 0 Å². The van der Waals surface area contributed by atoms with Crippen molar-refractivity contribution < 1.29 is 14.3 Å². The lowest BCUT2D eigenvalue weighted by molar-refractivity contribution is 0.232. The molecule has 0 heterocycles. The molecule has 0 radical (unpaired) electrons. The van der Waals surface area contributed by atoms with E-state index >= 15 is 0 Å². The summed E-state index contributed by atoms with van der Waals surface area (Å²) in [6.07, 6.45) is 2.46. The zero-order chi connectivity index (χ0) is 15.0. The van der Waals surface area contributed by atoms with Gasteiger partial charge in [-0.05, 0) is 37.3 Å². The minimum Gasteiger partial charge on any atom is -0.395 e. The van der Waals surface area contributed by atoms with E-state index in [2.05, 4.69) is 10.6 Å². The molecule has 1 aromatic carbocycles. The maximum absolute atomic E-state index is 13.0. The van der Waals surface area contributed by atoms with Gasteiger partial charge in [-0.1, -0.05) is 12.1 Å². The number of halogens is 1. The summed E-state index contributed by atoms with van der Waals surface area (Å²) in [6, 6.07) is 5.92. The van der Waals surface area contributed by atoms with E-state index in [1.165, 1.54) is 23.9 Å². The second-order valence-electron chi connectivity index (χ2n) is 4.53. The van der Waals surface area contributed by atoms with Gasteiger partial charge in [-0.2, -0.15) is 11.8 Å². The second kappa shape index (κ2) is 8.81. The summed E-state index contributed by atoms with van der Waals surface area (Å²) in [7, 11) is 0. The minimum absolute atomic E-state index is 0.0197. The lowest BCUT2D eigenvalue weighted by atomic mass is 10.1. The third kappa shape index (κ3) is 5.79. The van der Waals surface area contributed by atoms with Crippen molar-refractivity contribution in [1.29, 1.82) is 0 Å². The molecular formula is C14H21FN2O2S. The maximum atomic E-state index is 13.0. The van der Waals surface area contributed by atoms with Gasteiger partial charge >= 0.3 is 6.03 Å². The van der Waals surface area contributed by atoms with Gasteiger partial charge in [-0.25, -0.2) is 9.18 Å². The first kappa shape index (κ1) is 16.8. The van der Waals surface area contributed by atoms with E-state index in [4.69, 9.17) is 5.11 Å². The fourth-order valence-electron chi connectivity index (χ4n) is 1.80. The Balaban J connectivity index is 2.30. The number of benzene rings is 1. The molecule has 0 fully saturated rings. The quantitative estimate of drug-likeness (QED) is 0.719. The van der Waals surface area contributed by atoms with Crippen molar-refractivity contribution in [2.24, 2.45) is 0 Å². The highest BCUT2D eigenvalue weighted by Crippen LogP contribution is 2.09. The van der Waals surface area contributed by atoms with Gasteiger partial charge in [0.15, 0.2) is 0 Å². The first-order chi connectivity index (χ1) is 9.56. The number of aliphatic hydroxyl groups excluding tert-OH is 1. The number of amides is 2. The number of aliphatic hydroxyl groups is 1. The Morgan fingerprint density at radius 2 is 2.25 bits per heavy atom. The molecule has 1 rings (SSSR count). The van der Waals surface area contributed by atoms with Crippen LogP contribution in [0.5, 0.6) is 0 Å². The lowest BCUT2D eigenvalue weighted by Gasteiger charge is -2.21. The van der Waals surface area contributed by atoms with Crippen molar-refractivity contribution >= 4 is 17.8 Å². The molecule has 2 amide bonds. The van der Waals surface area contributed by atoms with E-state index in [1.807, 2.05) is 19.2 Å². The highest BCUT2D eigenvalue weighted by Gasteiger charge is 2.16. The van der Waals surface area contributed by atoms with Crippen LogP contribution in [0.2, 0.25) is 0 Å². The SMILES string of the molecule is CSC(CO)C(C)NC(=O)NCCc1cccc(F)c1. The minimum atomic E-state index is -0.276. The van der Waals surface area contributed by atoms with Gasteiger partial charge in [0.05, 0.1) is 6.61 Å². The molecule has 0 aliphatic rings. The van der Waals surface area contributed by atoms with Crippen LogP contribution in [0.1, 0.15) is 12.5 Å². The Morgan fingerprint density at radius 1 is 1.50 bits per heavy atom. The van der Waals surface area contributed by atoms with Crippen molar-refractivity contribution in [3.8, 4) is 0 Å². The molecule has 0 saturated carbocycles. The Labute approximate surface area is 123 Å². The van der Waals surface area contributed by atoms with Crippen molar-refractivity contribution in [3.05, 3.63) is 35.6 Å². The van der Waals surface area contributed by atoms with Gasteiger partial charge < -0.3 is 15.7 Å². The number of rotatable bonds is 7. The summed E-state index contributed by atoms with van der Waals surface area (Å²) >= 11 is 1.51. The number of carbonyl (C=O) groups is 1. The second-order valence-corrected chi connectivity index (χ2v) is 5.60. The standard InChI is InChI=1S/C14H21FN2O2S/c1-10(13(9-18)20-2)17-14(19)16-7-6-11-4-3-5-12(15)8-11/h3-5,8,10,13,18H,6-7,9H2,1-2H3,(H2,16,17,19). The summed E-state index contributed by atoms with van der Waals surface area (Å²) in [5, 5.41) is 14.6. The molecule has 2 atom stereocenters. The monoisotopic (exact) mass is 300 g/mol. The van der Waals surface area contributed by atoms with Crippen LogP contribution in [-0.2, 0) is 6.42 Å². The number of nitrogens with one attached hydrogen (secondary N) is 2. The predicted molar refractivity (Wildman–Crippen MR) is 80.5 cm³/mol. The third-order valence-electron chi connectivity index (χ3n) is 2.99. The molecule has 2 unspecified atom stereocenters. The fraction of sp³-hybridized carbons (Fsp3) is 0.500. The summed E-state index contributed by atoms with van der Waals surface area (Å²) < 4.78 is 13.0. The molecule has 1 aromatic rings. The number of urea groups is 1. The van der Waals surface area contributed by atoms with E-state index < -0.39 is 0 Å². The van der Waals surface area contributed by atoms with Gasteiger partial charge in [-0.15, -0.1) is 0 Å². The fourth-order valence-corrected chi connectivity index (χ4v) is 2.43. The highest BCUT2D eigenvalue weighted by atomic mass is 32.2. The molecule has 0 aliphatic heterocycles. The topological polar surface area (TPSA) is 61.4 Å². The van der Waals surface area contributed by atoms with Crippen molar-refractivity contribution in [1.82, 2.24) is 10.6 Å². The van der Waals surface area contributed by atoms with Crippen molar-refractivity contribution in [3.63, 3.8) is 0 Å². The molecule has 0 saturated heterocycles. The van der Waals surface area contributed by atoms with Crippen molar-refractivity contribution in [2.75, 3.05) is 19.4 Å². The summed E-state index contributed by atoms with van der Waals surface area (Å²) in [6.45, 7) is 2.31. The Morgan fingerprint density at radius 3 is 2.85 bits per heavy atom. The lowest BCUT2D eigenvalue weighted by Crippen LogP contribution is -2.46. The number of carbonyl (C=O) groups excluding carboxylic acids is 1. The van der Waals surface area contributed by atoms with Crippen LogP contribution in [0.25, 0.3) is 0 Å². The van der Waals surface area contributed by atoms with E-state index in [9.17, 15) is 9.18 Å². The van der Waals surface area contributed by atoms with Gasteiger partial charge in [0, 0.05) is 17.8 Å². The van der Waals surface area contributed by atoms with Crippen LogP contribution in [0, 0.1) is 5.82 Å². The van der Waals surface area contributed by atoms with Crippen molar-refractivity contribution in [2.45, 2.75) is 24.6 Å². The predicted octanol–water partition coefficient (Wildman–Crippen LogP) is 1.78. The van der Waals surface area contributed by atoms with E-state index in [-0.39, 0.29) is 29.7 Å². The molecule has 4 nitrogen and oxygen atoms in total. The molecule has 0 bridgehead atoms. The summed E-state index contributed by atoms with van der Waals surface area (Å²) in [5.74, 6) is -0.272. The Bertz CT molecular complexity index is 427. The highest BCUT2D eigenvalue weighted by molar-refractivity contribution is 7.99. The Hall–Kier alpha value is -1.27. The first-order valence-corrected chi connectivity index (χ1v) is 7.78. The zero-order valence-corrected chi connectivity index (χ0v) is 12.5. The molecule has 0 aromatic heterocycles. The molecular weight excluding hydrogens is 279 g/mol. The van der Waals surface area contributed by atoms with E-state index in [0.29, 0.717) is 13.0 Å². The summed E-state index contributed by atoms with van der Waals surface area (Å²) in [5.41, 5.74) is 0.843. The first-order valence-electron chi connectivity index (χ1n) is 6.49. The molecule has 0 spiro atoms. The molecule has 6 heteroatoms. The molecule has 3 N–H and O–H groups in total. The maximum Gasteiger partial charge on any atom is 0.315 e. The van der Waals surface area contributed by atoms with Gasteiger partial charge in [0.1, 0.15) is 5.82 Å². The molecule has 112 valence electrons. The number of hydrogen-bond donors (Lipinski definition) is 3. The summed E-state index contributed by atoms with van der Waals surface area (Å²) in [4.78, 5) is 11.7. The number of thioether (sulfide) groups is 1. The van der Waals surface area contributed by atoms with Gasteiger partial charge in [0.2, 0.25) is 0 Å². The molecule has 20 heavy (non-hydrogen) atoms. The van der Waals surface area contributed by atoms with Crippen LogP contribution < -0.4 is 10.6 Å². The van der Waals surface area contributed by atoms with Crippen LogP contribution in [-0.4, -0.2) is 41.8 Å². The van der Waals surface area contributed by atoms with Crippen LogP contribution in [0.15, 0.2) is 24.3 Å². The third-order valence-corrected chi connectivity index (χ3v) is 4.15. The van der Waals surface area contributed by atoms with Crippen LogP contribution >= 0.6 is 11.8 Å². The zero-order valence-electron chi connectivity index (χ0n) is 11.7. The van der Waals surface area contributed by atoms with E-state index in [1.54, 1.807) is 6.07 Å².